The highest BCUT2D eigenvalue weighted by Gasteiger charge is 2.17. The fourth-order valence-electron chi connectivity index (χ4n) is 8.85. The number of para-hydroxylation sites is 4. The van der Waals surface area contributed by atoms with Gasteiger partial charge >= 0.3 is 0 Å². The van der Waals surface area contributed by atoms with E-state index in [1.807, 2.05) is 0 Å². The highest BCUT2D eigenvalue weighted by molar-refractivity contribution is 7.17. The smallest absolute Gasteiger partial charge is 0.0462 e. The number of hydrogen-bond donors (Lipinski definition) is 0. The third-order valence-corrected chi connectivity index (χ3v) is 13.1. The Morgan fingerprint density at radius 1 is 0.212 bits per heavy atom. The predicted molar refractivity (Wildman–Crippen MR) is 282 cm³/mol. The first-order valence-electron chi connectivity index (χ1n) is 22.3. The molecule has 0 spiro atoms. The number of fused-ring (bicyclic) bond motifs is 1. The third-order valence-electron chi connectivity index (χ3n) is 12.1. The molecule has 0 fully saturated rings. The molecule has 11 rings (SSSR count). The van der Waals surface area contributed by atoms with Crippen LogP contribution in [0.25, 0.3) is 43.5 Å². The molecule has 1 heterocycles. The maximum Gasteiger partial charge on any atom is 0.0462 e. The van der Waals surface area contributed by atoms with Gasteiger partial charge in [-0.1, -0.05) is 152 Å². The summed E-state index contributed by atoms with van der Waals surface area (Å²) in [4.78, 5) is 6.94. The van der Waals surface area contributed by atoms with E-state index in [1.165, 1.54) is 21.2 Å². The van der Waals surface area contributed by atoms with Crippen molar-refractivity contribution in [1.82, 2.24) is 0 Å². The Morgan fingerprint density at radius 3 is 0.758 bits per heavy atom. The van der Waals surface area contributed by atoms with Crippen LogP contribution in [0.2, 0.25) is 0 Å². The van der Waals surface area contributed by atoms with Crippen molar-refractivity contribution in [3.05, 3.63) is 272 Å². The van der Waals surface area contributed by atoms with Gasteiger partial charge in [-0.2, -0.15) is 0 Å². The van der Waals surface area contributed by atoms with Crippen LogP contribution in [0.15, 0.2) is 272 Å². The molecule has 0 unspecified atom stereocenters. The second kappa shape index (κ2) is 18.3. The minimum atomic E-state index is 1.09. The molecule has 0 atom stereocenters. The molecule has 4 heteroatoms. The average Bonchev–Trinajstić information content (AvgIpc) is 3.83. The molecule has 66 heavy (non-hydrogen) atoms. The van der Waals surface area contributed by atoms with Crippen molar-refractivity contribution >= 4 is 72.6 Å². The topological polar surface area (TPSA) is 9.72 Å². The largest absolute Gasteiger partial charge is 0.311 e. The summed E-state index contributed by atoms with van der Waals surface area (Å²) in [6.45, 7) is 0. The van der Waals surface area contributed by atoms with Gasteiger partial charge in [0.1, 0.15) is 0 Å². The van der Waals surface area contributed by atoms with Crippen molar-refractivity contribution in [2.75, 3.05) is 14.7 Å². The van der Waals surface area contributed by atoms with Crippen LogP contribution in [0.4, 0.5) is 51.2 Å². The molecule has 10 aromatic carbocycles. The molecule has 0 radical (unpaired) electrons. The van der Waals surface area contributed by atoms with Gasteiger partial charge in [0, 0.05) is 66.8 Å². The number of benzene rings is 10. The van der Waals surface area contributed by atoms with E-state index in [1.54, 1.807) is 11.3 Å². The fourth-order valence-corrected chi connectivity index (χ4v) is 9.82. The van der Waals surface area contributed by atoms with Crippen LogP contribution in [0, 0.1) is 0 Å². The molecule has 0 bridgehead atoms. The molecule has 314 valence electrons. The zero-order valence-corrected chi connectivity index (χ0v) is 37.0. The summed E-state index contributed by atoms with van der Waals surface area (Å²) >= 11 is 1.80. The van der Waals surface area contributed by atoms with Gasteiger partial charge in [0.15, 0.2) is 0 Å². The second-order valence-electron chi connectivity index (χ2n) is 16.2. The lowest BCUT2D eigenvalue weighted by molar-refractivity contribution is 1.28. The lowest BCUT2D eigenvalue weighted by Crippen LogP contribution is -2.10. The molecule has 0 N–H and O–H groups in total. The molecule has 1 aromatic heterocycles. The van der Waals surface area contributed by atoms with Gasteiger partial charge < -0.3 is 14.7 Å². The Morgan fingerprint density at radius 2 is 0.455 bits per heavy atom. The van der Waals surface area contributed by atoms with Gasteiger partial charge in [-0.05, 0) is 148 Å². The van der Waals surface area contributed by atoms with Crippen LogP contribution >= 0.6 is 11.3 Å². The lowest BCUT2D eigenvalue weighted by Gasteiger charge is -2.26. The number of hydrogen-bond acceptors (Lipinski definition) is 4. The Kier molecular flexibility index (Phi) is 11.2. The molecule has 11 aromatic rings. The van der Waals surface area contributed by atoms with Gasteiger partial charge in [0.2, 0.25) is 0 Å². The van der Waals surface area contributed by atoms with E-state index in [0.717, 1.165) is 73.4 Å². The summed E-state index contributed by atoms with van der Waals surface area (Å²) in [5.41, 5.74) is 17.1. The summed E-state index contributed by atoms with van der Waals surface area (Å²) in [5, 5.41) is 3.57. The van der Waals surface area contributed by atoms with Crippen molar-refractivity contribution in [2.24, 2.45) is 0 Å². The highest BCUT2D eigenvalue weighted by atomic mass is 32.1. The van der Waals surface area contributed by atoms with Crippen LogP contribution in [0.1, 0.15) is 0 Å². The van der Waals surface area contributed by atoms with Gasteiger partial charge in [0.25, 0.3) is 0 Å². The zero-order chi connectivity index (χ0) is 44.1. The number of rotatable bonds is 12. The average molecular weight is 864 g/mol. The van der Waals surface area contributed by atoms with E-state index in [4.69, 9.17) is 0 Å². The van der Waals surface area contributed by atoms with E-state index in [9.17, 15) is 0 Å². The third kappa shape index (κ3) is 8.25. The Labute approximate surface area is 391 Å². The molecule has 0 aliphatic heterocycles. The van der Waals surface area contributed by atoms with E-state index < -0.39 is 0 Å². The maximum absolute atomic E-state index is 2.35. The first kappa shape index (κ1) is 40.3. The maximum atomic E-state index is 2.35. The Bertz CT molecular complexity index is 3050. The molecule has 0 saturated heterocycles. The number of thiophene rings is 1. The van der Waals surface area contributed by atoms with Crippen LogP contribution < -0.4 is 14.7 Å². The van der Waals surface area contributed by atoms with Crippen molar-refractivity contribution < 1.29 is 0 Å². The lowest BCUT2D eigenvalue weighted by atomic mass is 10.0. The minimum Gasteiger partial charge on any atom is -0.311 e. The summed E-state index contributed by atoms with van der Waals surface area (Å²) in [6.07, 6.45) is 0. The normalized spacial score (nSPS) is 11.0. The van der Waals surface area contributed by atoms with Crippen molar-refractivity contribution in [2.45, 2.75) is 0 Å². The summed E-state index contributed by atoms with van der Waals surface area (Å²) in [7, 11) is 0. The summed E-state index contributed by atoms with van der Waals surface area (Å²) in [5.74, 6) is 0. The Hall–Kier alpha value is -8.44. The predicted octanol–water partition coefficient (Wildman–Crippen LogP) is 18.3. The molecule has 0 amide bonds. The molecule has 0 saturated carbocycles. The van der Waals surface area contributed by atoms with Crippen molar-refractivity contribution in [1.29, 1.82) is 0 Å². The van der Waals surface area contributed by atoms with Crippen LogP contribution in [-0.2, 0) is 0 Å². The van der Waals surface area contributed by atoms with Crippen LogP contribution in [-0.4, -0.2) is 0 Å². The Balaban J connectivity index is 0.904. The number of anilines is 9. The van der Waals surface area contributed by atoms with Gasteiger partial charge in [-0.3, -0.25) is 0 Å². The van der Waals surface area contributed by atoms with Gasteiger partial charge in [-0.25, -0.2) is 0 Å². The summed E-state index contributed by atoms with van der Waals surface area (Å²) < 4.78 is 1.30. The molecular weight excluding hydrogens is 819 g/mol. The van der Waals surface area contributed by atoms with E-state index in [2.05, 4.69) is 287 Å². The monoisotopic (exact) mass is 863 g/mol. The highest BCUT2D eigenvalue weighted by Crippen LogP contribution is 2.41. The van der Waals surface area contributed by atoms with Crippen molar-refractivity contribution in [3.8, 4) is 33.4 Å². The van der Waals surface area contributed by atoms with E-state index >= 15 is 0 Å². The molecular formula is C62H45N3S. The first-order chi connectivity index (χ1) is 32.7. The second-order valence-corrected chi connectivity index (χ2v) is 17.1. The van der Waals surface area contributed by atoms with Crippen molar-refractivity contribution in [3.63, 3.8) is 0 Å². The molecule has 0 aliphatic carbocycles. The fraction of sp³-hybridized carbons (Fsp3) is 0. The minimum absolute atomic E-state index is 1.09. The van der Waals surface area contributed by atoms with E-state index in [-0.39, 0.29) is 0 Å². The van der Waals surface area contributed by atoms with E-state index in [0.29, 0.717) is 0 Å². The van der Waals surface area contributed by atoms with Gasteiger partial charge in [0.05, 0.1) is 0 Å². The number of nitrogens with zero attached hydrogens (tertiary/aromatic N) is 3. The molecule has 3 nitrogen and oxygen atoms in total. The first-order valence-corrected chi connectivity index (χ1v) is 23.2. The zero-order valence-electron chi connectivity index (χ0n) is 36.2. The summed E-state index contributed by atoms with van der Waals surface area (Å²) in [6, 6.07) is 95.5. The van der Waals surface area contributed by atoms with Crippen LogP contribution in [0.5, 0.6) is 0 Å². The SMILES string of the molecule is c1ccc(N(c2ccccc2)c2ccc(-c3ccc(N(c4ccc(-c5ccc(N(c6ccccc6)c6ccccc6)cc5)cc4)c4ccc(-c5csc6ccccc56)cc4)cc3)cc2)cc1. The van der Waals surface area contributed by atoms with Crippen LogP contribution in [0.3, 0.4) is 0 Å². The molecule has 0 aliphatic rings. The quantitative estimate of drug-likeness (QED) is 0.121. The standard InChI is InChI=1S/C62H45N3S/c1-5-15-51(16-6-1)63(52-17-7-2-8-18-52)55-35-25-46(26-36-55)48-29-39-57(40-30-48)65(59-43-33-50(34-44-59)61-45-66-62-24-14-13-23-60(61)62)58-41-31-49(32-42-58)47-27-37-56(38-28-47)64(53-19-9-3-10-20-53)54-21-11-4-12-22-54/h1-45H. The van der Waals surface area contributed by atoms with Gasteiger partial charge in [-0.15, -0.1) is 11.3 Å².